The summed E-state index contributed by atoms with van der Waals surface area (Å²) in [6.45, 7) is 1.48. The molecule has 1 saturated heterocycles. The summed E-state index contributed by atoms with van der Waals surface area (Å²) in [6.07, 6.45) is -1.14. The van der Waals surface area contributed by atoms with Gasteiger partial charge in [0.05, 0.1) is 20.8 Å². The molecule has 2 N–H and O–H groups in total. The smallest absolute Gasteiger partial charge is 0.497 e. The molecule has 2 heterocycles. The highest BCUT2D eigenvalue weighted by molar-refractivity contribution is 7.32. The maximum absolute atomic E-state index is 12.6. The fourth-order valence-electron chi connectivity index (χ4n) is 5.33. The first-order valence-electron chi connectivity index (χ1n) is 13.5. The summed E-state index contributed by atoms with van der Waals surface area (Å²) in [4.78, 5) is 36.5. The van der Waals surface area contributed by atoms with Crippen molar-refractivity contribution in [3.05, 3.63) is 128 Å². The average molecular weight is 608 g/mol. The molecular weight excluding hydrogens is 575 g/mol. The summed E-state index contributed by atoms with van der Waals surface area (Å²) in [5.74, 6) is 1.34. The Kier molecular flexibility index (Phi) is 9.19. The number of nitrogens with one attached hydrogen (secondary N) is 1. The predicted octanol–water partition coefficient (Wildman–Crippen LogP) is 4.19. The molecule has 1 aliphatic rings. The van der Waals surface area contributed by atoms with Gasteiger partial charge in [0.25, 0.3) is 5.56 Å². The molecule has 11 nitrogen and oxygen atoms in total. The summed E-state index contributed by atoms with van der Waals surface area (Å²) in [5, 5.41) is 0. The van der Waals surface area contributed by atoms with E-state index in [0.29, 0.717) is 17.1 Å². The Balaban J connectivity index is 1.58. The van der Waals surface area contributed by atoms with Crippen molar-refractivity contribution in [1.29, 1.82) is 0 Å². The van der Waals surface area contributed by atoms with Crippen molar-refractivity contribution >= 4 is 8.25 Å². The van der Waals surface area contributed by atoms with Crippen LogP contribution in [0.5, 0.6) is 11.5 Å². The van der Waals surface area contributed by atoms with Crippen LogP contribution in [-0.2, 0) is 24.2 Å². The number of nitrogens with zero attached hydrogens (tertiary/aromatic N) is 1. The quantitative estimate of drug-likeness (QED) is 0.190. The van der Waals surface area contributed by atoms with Gasteiger partial charge in [-0.15, -0.1) is 9.42 Å². The number of aromatic nitrogens is 2. The van der Waals surface area contributed by atoms with Gasteiger partial charge in [0.1, 0.15) is 35.5 Å². The van der Waals surface area contributed by atoms with E-state index in [4.69, 9.17) is 23.5 Å². The number of hydrogen-bond donors (Lipinski definition) is 2. The molecule has 43 heavy (non-hydrogen) atoms. The normalized spacial score (nSPS) is 18.8. The number of benzene rings is 3. The third-order valence-corrected chi connectivity index (χ3v) is 7.95. The van der Waals surface area contributed by atoms with E-state index >= 15 is 0 Å². The molecule has 1 fully saturated rings. The Labute approximate surface area is 248 Å². The molecular formula is C31H32N2O9P+. The molecule has 5 rings (SSSR count). The first-order chi connectivity index (χ1) is 20.7. The Hall–Kier alpha value is -4.12. The number of aromatic amines is 1. The van der Waals surface area contributed by atoms with Crippen molar-refractivity contribution in [3.8, 4) is 11.5 Å². The van der Waals surface area contributed by atoms with Crippen LogP contribution >= 0.6 is 8.25 Å². The summed E-state index contributed by atoms with van der Waals surface area (Å²) < 4.78 is 42.3. The van der Waals surface area contributed by atoms with Crippen molar-refractivity contribution in [3.63, 3.8) is 0 Å². The molecule has 0 amide bonds. The van der Waals surface area contributed by atoms with Gasteiger partial charge in [0.15, 0.2) is 0 Å². The van der Waals surface area contributed by atoms with E-state index in [-0.39, 0.29) is 13.0 Å². The lowest BCUT2D eigenvalue weighted by molar-refractivity contribution is -0.0917. The zero-order valence-electron chi connectivity index (χ0n) is 23.8. The first kappa shape index (κ1) is 30.3. The highest BCUT2D eigenvalue weighted by Crippen LogP contribution is 2.43. The molecule has 0 radical (unpaired) electrons. The van der Waals surface area contributed by atoms with Crippen LogP contribution < -0.4 is 20.7 Å². The molecule has 0 aliphatic carbocycles. The van der Waals surface area contributed by atoms with Crippen molar-refractivity contribution in [2.24, 2.45) is 0 Å². The Morgan fingerprint density at radius 1 is 0.930 bits per heavy atom. The lowest BCUT2D eigenvalue weighted by atomic mass is 9.80. The van der Waals surface area contributed by atoms with E-state index < -0.39 is 43.5 Å². The zero-order valence-corrected chi connectivity index (χ0v) is 24.7. The monoisotopic (exact) mass is 607 g/mol. The van der Waals surface area contributed by atoms with E-state index in [9.17, 15) is 19.0 Å². The predicted molar refractivity (Wildman–Crippen MR) is 158 cm³/mol. The lowest BCUT2D eigenvalue weighted by Crippen LogP contribution is -2.38. The number of methoxy groups -OCH3 is 2. The summed E-state index contributed by atoms with van der Waals surface area (Å²) >= 11 is 0. The van der Waals surface area contributed by atoms with Crippen molar-refractivity contribution in [2.75, 3.05) is 20.8 Å². The molecule has 12 heteroatoms. The van der Waals surface area contributed by atoms with Crippen molar-refractivity contribution in [2.45, 2.75) is 37.4 Å². The molecule has 4 aromatic rings. The number of rotatable bonds is 11. The Morgan fingerprint density at radius 3 is 2.02 bits per heavy atom. The molecule has 0 saturated carbocycles. The molecule has 0 spiro atoms. The van der Waals surface area contributed by atoms with E-state index in [2.05, 4.69) is 4.98 Å². The maximum atomic E-state index is 12.6. The van der Waals surface area contributed by atoms with Crippen LogP contribution in [0.4, 0.5) is 0 Å². The van der Waals surface area contributed by atoms with Gasteiger partial charge >= 0.3 is 13.9 Å². The molecule has 1 aliphatic heterocycles. The number of hydrogen-bond acceptors (Lipinski definition) is 8. The third-order valence-electron chi connectivity index (χ3n) is 7.50. The second-order valence-electron chi connectivity index (χ2n) is 10.0. The Bertz CT molecular complexity index is 1620. The first-order valence-corrected chi connectivity index (χ1v) is 14.7. The van der Waals surface area contributed by atoms with Crippen LogP contribution in [-0.4, -0.2) is 47.5 Å². The summed E-state index contributed by atoms with van der Waals surface area (Å²) in [6, 6.07) is 24.7. The van der Waals surface area contributed by atoms with E-state index in [1.807, 2.05) is 78.9 Å². The van der Waals surface area contributed by atoms with Crippen LogP contribution in [0.25, 0.3) is 0 Å². The van der Waals surface area contributed by atoms with Crippen LogP contribution in [0, 0.1) is 6.92 Å². The average Bonchev–Trinajstić information content (AvgIpc) is 3.41. The Morgan fingerprint density at radius 2 is 1.49 bits per heavy atom. The van der Waals surface area contributed by atoms with Crippen LogP contribution in [0.1, 0.15) is 34.9 Å². The molecule has 0 bridgehead atoms. The molecule has 1 unspecified atom stereocenters. The van der Waals surface area contributed by atoms with Crippen LogP contribution in [0.3, 0.4) is 0 Å². The standard InChI is InChI=1S/C31H31N2O9P/c1-20-18-33(30(35)32-29(20)34)28-17-26(42-43(36)37)27(41-28)19-40-31(21-7-5-4-6-8-21,22-9-13-24(38-2)14-10-22)23-11-15-25(39-3)16-12-23/h4-16,18,26-28H,17,19H2,1-3H3,(H-,32,34,35,36,37)/p+1/t26-,27-,28-/m1/s1. The maximum Gasteiger partial charge on any atom is 0.695 e. The highest BCUT2D eigenvalue weighted by Gasteiger charge is 2.46. The summed E-state index contributed by atoms with van der Waals surface area (Å²) in [5.41, 5.74) is 0.378. The molecule has 4 atom stereocenters. The lowest BCUT2D eigenvalue weighted by Gasteiger charge is -2.37. The van der Waals surface area contributed by atoms with Crippen molar-refractivity contribution < 1.29 is 32.9 Å². The molecule has 3 aromatic carbocycles. The van der Waals surface area contributed by atoms with Gasteiger partial charge < -0.3 is 18.9 Å². The fraction of sp³-hybridized carbons (Fsp3) is 0.290. The van der Waals surface area contributed by atoms with E-state index in [1.54, 1.807) is 21.1 Å². The van der Waals surface area contributed by atoms with Gasteiger partial charge in [0, 0.05) is 22.7 Å². The van der Waals surface area contributed by atoms with Crippen LogP contribution in [0.2, 0.25) is 0 Å². The zero-order chi connectivity index (χ0) is 30.6. The minimum atomic E-state index is -2.99. The largest absolute Gasteiger partial charge is 0.695 e. The highest BCUT2D eigenvalue weighted by atomic mass is 31.1. The van der Waals surface area contributed by atoms with Gasteiger partial charge in [-0.05, 0) is 47.9 Å². The van der Waals surface area contributed by atoms with Gasteiger partial charge in [0.2, 0.25) is 0 Å². The van der Waals surface area contributed by atoms with Gasteiger partial charge in [-0.1, -0.05) is 54.6 Å². The SMILES string of the molecule is COc1ccc(C(OC[C@H]2O[C@@H](n3cc(C)c(=O)[nH]c3=O)C[C@H]2O[P+](=O)O)(c2ccccc2)c2ccc(OC)cc2)cc1. The number of ether oxygens (including phenoxy) is 4. The van der Waals surface area contributed by atoms with Crippen LogP contribution in [0.15, 0.2) is 94.6 Å². The minimum Gasteiger partial charge on any atom is -0.497 e. The minimum absolute atomic E-state index is 0.0739. The topological polar surface area (TPSA) is 138 Å². The van der Waals surface area contributed by atoms with Gasteiger partial charge in [-0.3, -0.25) is 14.3 Å². The summed E-state index contributed by atoms with van der Waals surface area (Å²) in [7, 11) is 0.198. The fourth-order valence-corrected chi connectivity index (χ4v) is 5.78. The molecule has 224 valence electrons. The van der Waals surface area contributed by atoms with E-state index in [1.165, 1.54) is 10.8 Å². The number of H-pyrrole nitrogens is 1. The second-order valence-corrected chi connectivity index (χ2v) is 10.7. The molecule has 1 aromatic heterocycles. The second kappa shape index (κ2) is 13.0. The third kappa shape index (κ3) is 6.31. The van der Waals surface area contributed by atoms with Crippen molar-refractivity contribution in [1.82, 2.24) is 9.55 Å². The van der Waals surface area contributed by atoms with Gasteiger partial charge in [-0.25, -0.2) is 4.79 Å². The van der Waals surface area contributed by atoms with E-state index in [0.717, 1.165) is 16.7 Å². The van der Waals surface area contributed by atoms with Gasteiger partial charge in [-0.2, -0.15) is 0 Å². The number of aryl methyl sites for hydroxylation is 1.